The van der Waals surface area contributed by atoms with Gasteiger partial charge in [0, 0.05) is 12.0 Å². The van der Waals surface area contributed by atoms with Crippen molar-refractivity contribution in [2.24, 2.45) is 5.73 Å². The Bertz CT molecular complexity index is 592. The number of rotatable bonds is 6. The van der Waals surface area contributed by atoms with Crippen molar-refractivity contribution < 1.29 is 19.1 Å². The number of amides is 2. The summed E-state index contributed by atoms with van der Waals surface area (Å²) in [6, 6.07) is 6.81. The molecule has 0 aromatic heterocycles. The maximum atomic E-state index is 12.0. The molecular weight excluding hydrogens is 274 g/mol. The van der Waals surface area contributed by atoms with Gasteiger partial charge in [-0.3, -0.25) is 9.59 Å². The molecule has 0 aliphatic rings. The van der Waals surface area contributed by atoms with Crippen molar-refractivity contribution >= 4 is 17.8 Å². The van der Waals surface area contributed by atoms with Gasteiger partial charge in [-0.25, -0.2) is 4.79 Å². The summed E-state index contributed by atoms with van der Waals surface area (Å²) in [5.74, 6) is -1.84. The minimum atomic E-state index is -0.932. The summed E-state index contributed by atoms with van der Waals surface area (Å²) in [5.41, 5.74) is 5.58. The monoisotopic (exact) mass is 289 g/mol. The zero-order valence-electron chi connectivity index (χ0n) is 11.5. The topological polar surface area (TPSA) is 122 Å². The fraction of sp³-hybridized carbons (Fsp3) is 0.286. The van der Waals surface area contributed by atoms with Gasteiger partial charge in [0.2, 0.25) is 5.91 Å². The van der Waals surface area contributed by atoms with Crippen LogP contribution in [0, 0.1) is 11.3 Å². The minimum Gasteiger partial charge on any atom is -0.465 e. The van der Waals surface area contributed by atoms with E-state index in [9.17, 15) is 14.4 Å². The van der Waals surface area contributed by atoms with Gasteiger partial charge in [0.15, 0.2) is 0 Å². The number of nitrogens with two attached hydrogens (primary N) is 1. The smallest absolute Gasteiger partial charge is 0.337 e. The molecule has 0 aliphatic heterocycles. The molecule has 3 N–H and O–H groups in total. The second-order valence-corrected chi connectivity index (χ2v) is 4.20. The lowest BCUT2D eigenvalue weighted by Gasteiger charge is -2.14. The van der Waals surface area contributed by atoms with Crippen molar-refractivity contribution in [1.29, 1.82) is 5.26 Å². The summed E-state index contributed by atoms with van der Waals surface area (Å²) in [6.45, 7) is 0. The molecule has 0 spiro atoms. The Hall–Kier alpha value is -2.88. The fourth-order valence-corrected chi connectivity index (χ4v) is 1.64. The summed E-state index contributed by atoms with van der Waals surface area (Å²) in [5, 5.41) is 10.9. The predicted molar refractivity (Wildman–Crippen MR) is 73.1 cm³/mol. The zero-order chi connectivity index (χ0) is 15.8. The lowest BCUT2D eigenvalue weighted by Crippen LogP contribution is -2.44. The number of primary amides is 1. The number of nitriles is 1. The van der Waals surface area contributed by atoms with Crippen LogP contribution in [0.15, 0.2) is 24.3 Å². The third-order valence-corrected chi connectivity index (χ3v) is 2.74. The molecule has 0 bridgehead atoms. The van der Waals surface area contributed by atoms with Crippen LogP contribution in [0.4, 0.5) is 0 Å². The highest BCUT2D eigenvalue weighted by molar-refractivity contribution is 5.99. The van der Waals surface area contributed by atoms with Crippen molar-refractivity contribution in [3.8, 4) is 6.07 Å². The first-order chi connectivity index (χ1) is 9.99. The van der Waals surface area contributed by atoms with Crippen LogP contribution in [-0.4, -0.2) is 30.9 Å². The molecule has 110 valence electrons. The van der Waals surface area contributed by atoms with E-state index in [1.54, 1.807) is 0 Å². The van der Waals surface area contributed by atoms with Crippen molar-refractivity contribution in [3.63, 3.8) is 0 Å². The maximum Gasteiger partial charge on any atom is 0.337 e. The van der Waals surface area contributed by atoms with E-state index in [0.717, 1.165) is 0 Å². The molecule has 1 aromatic carbocycles. The number of hydrogen-bond donors (Lipinski definition) is 2. The largest absolute Gasteiger partial charge is 0.465 e. The first-order valence-corrected chi connectivity index (χ1v) is 6.15. The van der Waals surface area contributed by atoms with Gasteiger partial charge in [-0.15, -0.1) is 0 Å². The number of methoxy groups -OCH3 is 1. The number of nitrogens with one attached hydrogen (secondary N) is 1. The van der Waals surface area contributed by atoms with E-state index in [1.807, 2.05) is 6.07 Å². The summed E-state index contributed by atoms with van der Waals surface area (Å²) < 4.78 is 4.56. The van der Waals surface area contributed by atoms with E-state index in [0.29, 0.717) is 0 Å². The molecule has 21 heavy (non-hydrogen) atoms. The molecule has 0 saturated carbocycles. The minimum absolute atomic E-state index is 0.0933. The number of nitrogens with zero attached hydrogens (tertiary/aromatic N) is 1. The Morgan fingerprint density at radius 2 is 2.05 bits per heavy atom. The second-order valence-electron chi connectivity index (χ2n) is 4.20. The number of esters is 1. The van der Waals surface area contributed by atoms with Crippen LogP contribution in [0.3, 0.4) is 0 Å². The van der Waals surface area contributed by atoms with Crippen molar-refractivity contribution in [3.05, 3.63) is 35.4 Å². The van der Waals surface area contributed by atoms with Crippen LogP contribution in [0.5, 0.6) is 0 Å². The van der Waals surface area contributed by atoms with E-state index in [1.165, 1.54) is 31.4 Å². The molecule has 1 atom stereocenters. The summed E-state index contributed by atoms with van der Waals surface area (Å²) in [4.78, 5) is 34.6. The van der Waals surface area contributed by atoms with Crippen LogP contribution in [0.25, 0.3) is 0 Å². The zero-order valence-corrected chi connectivity index (χ0v) is 11.5. The Labute approximate surface area is 121 Å². The number of ether oxygens (including phenoxy) is 1. The van der Waals surface area contributed by atoms with Gasteiger partial charge < -0.3 is 15.8 Å². The molecule has 7 nitrogen and oxygen atoms in total. The molecule has 1 aromatic rings. The standard InChI is InChI=1S/C14H15N3O4/c1-21-14(20)10-5-2-4-9(8-10)13(19)17-11(12(16)18)6-3-7-15/h2,4-5,8,11H,3,6H2,1H3,(H2,16,18)(H,17,19)/t11-/m0/s1. The summed E-state index contributed by atoms with van der Waals surface area (Å²) in [6.07, 6.45) is 0.227. The van der Waals surface area contributed by atoms with Crippen molar-refractivity contribution in [1.82, 2.24) is 5.32 Å². The van der Waals surface area contributed by atoms with E-state index < -0.39 is 23.8 Å². The van der Waals surface area contributed by atoms with Crippen LogP contribution in [0.1, 0.15) is 33.6 Å². The average molecular weight is 289 g/mol. The fourth-order valence-electron chi connectivity index (χ4n) is 1.64. The molecule has 0 saturated heterocycles. The van der Waals surface area contributed by atoms with Crippen LogP contribution >= 0.6 is 0 Å². The van der Waals surface area contributed by atoms with Crippen molar-refractivity contribution in [2.45, 2.75) is 18.9 Å². The molecular formula is C14H15N3O4. The number of benzene rings is 1. The Kier molecular flexibility index (Phi) is 5.89. The van der Waals surface area contributed by atoms with Crippen LogP contribution in [0.2, 0.25) is 0 Å². The number of carbonyl (C=O) groups excluding carboxylic acids is 3. The highest BCUT2D eigenvalue weighted by atomic mass is 16.5. The van der Waals surface area contributed by atoms with E-state index in [-0.39, 0.29) is 24.0 Å². The number of hydrogen-bond acceptors (Lipinski definition) is 5. The SMILES string of the molecule is COC(=O)c1cccc(C(=O)N[C@@H](CCC#N)C(N)=O)c1. The third-order valence-electron chi connectivity index (χ3n) is 2.74. The Morgan fingerprint density at radius 1 is 1.38 bits per heavy atom. The lowest BCUT2D eigenvalue weighted by molar-refractivity contribution is -0.119. The van der Waals surface area contributed by atoms with Gasteiger partial charge >= 0.3 is 5.97 Å². The summed E-state index contributed by atoms with van der Waals surface area (Å²) >= 11 is 0. The van der Waals surface area contributed by atoms with Gasteiger partial charge in [-0.2, -0.15) is 5.26 Å². The predicted octanol–water partition coefficient (Wildman–Crippen LogP) is 0.361. The van der Waals surface area contributed by atoms with E-state index in [2.05, 4.69) is 10.1 Å². The normalized spacial score (nSPS) is 11.0. The van der Waals surface area contributed by atoms with Gasteiger partial charge in [-0.1, -0.05) is 6.07 Å². The maximum absolute atomic E-state index is 12.0. The van der Waals surface area contributed by atoms with Gasteiger partial charge in [0.05, 0.1) is 18.7 Å². The van der Waals surface area contributed by atoms with E-state index >= 15 is 0 Å². The first-order valence-electron chi connectivity index (χ1n) is 6.15. The van der Waals surface area contributed by atoms with Crippen molar-refractivity contribution in [2.75, 3.05) is 7.11 Å². The molecule has 0 aliphatic carbocycles. The van der Waals surface area contributed by atoms with Gasteiger partial charge in [0.25, 0.3) is 5.91 Å². The highest BCUT2D eigenvalue weighted by Gasteiger charge is 2.19. The first kappa shape index (κ1) is 16.2. The quantitative estimate of drug-likeness (QED) is 0.732. The highest BCUT2D eigenvalue weighted by Crippen LogP contribution is 2.07. The number of carbonyl (C=O) groups is 3. The van der Waals surface area contributed by atoms with Crippen LogP contribution in [-0.2, 0) is 9.53 Å². The molecule has 0 heterocycles. The second kappa shape index (κ2) is 7.65. The molecule has 0 unspecified atom stereocenters. The van der Waals surface area contributed by atoms with Gasteiger partial charge in [0.1, 0.15) is 6.04 Å². The van der Waals surface area contributed by atoms with E-state index in [4.69, 9.17) is 11.0 Å². The summed E-state index contributed by atoms with van der Waals surface area (Å²) in [7, 11) is 1.24. The molecule has 0 fully saturated rings. The molecule has 7 heteroatoms. The average Bonchev–Trinajstić information content (AvgIpc) is 2.50. The molecule has 1 rings (SSSR count). The van der Waals surface area contributed by atoms with Crippen LogP contribution < -0.4 is 11.1 Å². The molecule has 2 amide bonds. The molecule has 0 radical (unpaired) electrons. The lowest BCUT2D eigenvalue weighted by atomic mass is 10.1. The third kappa shape index (κ3) is 4.62. The Balaban J connectivity index is 2.85. The van der Waals surface area contributed by atoms with Gasteiger partial charge in [-0.05, 0) is 24.6 Å². The Morgan fingerprint density at radius 3 is 2.62 bits per heavy atom.